The number of aliphatic hydroxyl groups is 1. The largest absolute Gasteiger partial charge is 0.392 e. The lowest BCUT2D eigenvalue weighted by molar-refractivity contribution is 0.281. The van der Waals surface area contributed by atoms with Crippen molar-refractivity contribution in [2.45, 2.75) is 31.4 Å². The first-order chi connectivity index (χ1) is 10.0. The van der Waals surface area contributed by atoms with Crippen molar-refractivity contribution in [3.63, 3.8) is 0 Å². The molecule has 0 fully saturated rings. The van der Waals surface area contributed by atoms with E-state index in [-0.39, 0.29) is 11.5 Å². The van der Waals surface area contributed by atoms with Gasteiger partial charge < -0.3 is 5.11 Å². The maximum Gasteiger partial charge on any atom is 0.240 e. The molecule has 1 aromatic carbocycles. The highest BCUT2D eigenvalue weighted by Gasteiger charge is 2.16. The third-order valence-electron chi connectivity index (χ3n) is 3.05. The summed E-state index contributed by atoms with van der Waals surface area (Å²) in [5.41, 5.74) is 1.22. The first kappa shape index (κ1) is 15.6. The van der Waals surface area contributed by atoms with Crippen LogP contribution in [-0.2, 0) is 23.2 Å². The zero-order valence-corrected chi connectivity index (χ0v) is 12.5. The summed E-state index contributed by atoms with van der Waals surface area (Å²) in [5, 5.41) is 16.6. The molecular formula is C13H18N4O3S. The Labute approximate surface area is 123 Å². The fraction of sp³-hybridized carbons (Fsp3) is 0.385. The van der Waals surface area contributed by atoms with E-state index in [1.165, 1.54) is 6.07 Å². The van der Waals surface area contributed by atoms with E-state index in [4.69, 9.17) is 5.11 Å². The van der Waals surface area contributed by atoms with Gasteiger partial charge in [0.25, 0.3) is 0 Å². The normalized spacial score (nSPS) is 11.7. The molecule has 8 heteroatoms. The van der Waals surface area contributed by atoms with Gasteiger partial charge in [-0.1, -0.05) is 17.3 Å². The average molecular weight is 310 g/mol. The van der Waals surface area contributed by atoms with Crippen LogP contribution in [0.1, 0.15) is 17.5 Å². The lowest BCUT2D eigenvalue weighted by atomic mass is 10.2. The lowest BCUT2D eigenvalue weighted by Gasteiger charge is -2.10. The highest BCUT2D eigenvalue weighted by molar-refractivity contribution is 7.89. The van der Waals surface area contributed by atoms with E-state index in [9.17, 15) is 8.42 Å². The van der Waals surface area contributed by atoms with Crippen LogP contribution < -0.4 is 4.72 Å². The summed E-state index contributed by atoms with van der Waals surface area (Å²) in [4.78, 5) is 0.204. The van der Waals surface area contributed by atoms with Gasteiger partial charge in [-0.3, -0.25) is 4.68 Å². The quantitative estimate of drug-likeness (QED) is 0.724. The van der Waals surface area contributed by atoms with Crippen molar-refractivity contribution in [2.75, 3.05) is 6.54 Å². The van der Waals surface area contributed by atoms with Gasteiger partial charge in [-0.05, 0) is 30.5 Å². The maximum absolute atomic E-state index is 12.3. The first-order valence-corrected chi connectivity index (χ1v) is 8.05. The summed E-state index contributed by atoms with van der Waals surface area (Å²) in [6, 6.07) is 4.89. The molecule has 0 aliphatic carbocycles. The van der Waals surface area contributed by atoms with Crippen LogP contribution in [0.5, 0.6) is 0 Å². The van der Waals surface area contributed by atoms with Crippen LogP contribution in [0.4, 0.5) is 0 Å². The number of aromatic nitrogens is 3. The molecule has 0 saturated carbocycles. The SMILES string of the molecule is Cc1ccc(CO)cc1S(=O)(=O)NCCCn1ccnn1. The fourth-order valence-corrected chi connectivity index (χ4v) is 3.28. The Bertz CT molecular complexity index is 683. The summed E-state index contributed by atoms with van der Waals surface area (Å²) >= 11 is 0. The van der Waals surface area contributed by atoms with Crippen LogP contribution in [0.15, 0.2) is 35.5 Å². The second-order valence-corrected chi connectivity index (χ2v) is 6.41. The smallest absolute Gasteiger partial charge is 0.240 e. The molecule has 2 rings (SSSR count). The summed E-state index contributed by atoms with van der Waals surface area (Å²) in [7, 11) is -3.57. The Hall–Kier alpha value is -1.77. The second-order valence-electron chi connectivity index (χ2n) is 4.68. The van der Waals surface area contributed by atoms with Crippen molar-refractivity contribution < 1.29 is 13.5 Å². The molecule has 0 aliphatic heterocycles. The monoisotopic (exact) mass is 310 g/mol. The minimum absolute atomic E-state index is 0.185. The Morgan fingerprint density at radius 3 is 2.86 bits per heavy atom. The Morgan fingerprint density at radius 2 is 2.19 bits per heavy atom. The highest BCUT2D eigenvalue weighted by atomic mass is 32.2. The minimum Gasteiger partial charge on any atom is -0.392 e. The molecule has 0 unspecified atom stereocenters. The van der Waals surface area contributed by atoms with Crippen LogP contribution in [0.2, 0.25) is 0 Å². The zero-order valence-electron chi connectivity index (χ0n) is 11.7. The van der Waals surface area contributed by atoms with Gasteiger partial charge in [0.1, 0.15) is 0 Å². The molecular weight excluding hydrogens is 292 g/mol. The molecule has 0 aliphatic rings. The molecule has 0 radical (unpaired) electrons. The molecule has 0 spiro atoms. The molecule has 7 nitrogen and oxygen atoms in total. The van der Waals surface area contributed by atoms with E-state index in [1.807, 2.05) is 0 Å². The molecule has 0 atom stereocenters. The van der Waals surface area contributed by atoms with Gasteiger partial charge in [0.05, 0.1) is 17.7 Å². The Balaban J connectivity index is 1.98. The van der Waals surface area contributed by atoms with Crippen molar-refractivity contribution in [1.29, 1.82) is 0 Å². The third-order valence-corrected chi connectivity index (χ3v) is 4.66. The van der Waals surface area contributed by atoms with Crippen molar-refractivity contribution in [1.82, 2.24) is 19.7 Å². The standard InChI is InChI=1S/C13H18N4O3S/c1-11-3-4-12(10-18)9-13(11)21(19,20)15-5-2-7-17-8-6-14-16-17/h3-4,6,8-9,15,18H,2,5,7,10H2,1H3. The van der Waals surface area contributed by atoms with Gasteiger partial charge in [-0.25, -0.2) is 13.1 Å². The van der Waals surface area contributed by atoms with E-state index < -0.39 is 10.0 Å². The van der Waals surface area contributed by atoms with Gasteiger partial charge >= 0.3 is 0 Å². The minimum atomic E-state index is -3.57. The molecule has 114 valence electrons. The number of nitrogens with one attached hydrogen (secondary N) is 1. The van der Waals surface area contributed by atoms with Gasteiger partial charge in [0.2, 0.25) is 10.0 Å². The van der Waals surface area contributed by atoms with Crippen LogP contribution in [0.3, 0.4) is 0 Å². The number of sulfonamides is 1. The number of aryl methyl sites for hydroxylation is 2. The summed E-state index contributed by atoms with van der Waals surface area (Å²) < 4.78 is 28.7. The van der Waals surface area contributed by atoms with Gasteiger partial charge in [0, 0.05) is 19.3 Å². The fourth-order valence-electron chi connectivity index (χ4n) is 1.91. The molecule has 1 aromatic heterocycles. The number of nitrogens with zero attached hydrogens (tertiary/aromatic N) is 3. The molecule has 21 heavy (non-hydrogen) atoms. The lowest BCUT2D eigenvalue weighted by Crippen LogP contribution is -2.26. The van der Waals surface area contributed by atoms with Crippen LogP contribution in [0.25, 0.3) is 0 Å². The van der Waals surface area contributed by atoms with Crippen LogP contribution in [-0.4, -0.2) is 35.1 Å². The summed E-state index contributed by atoms with van der Waals surface area (Å²) in [6.07, 6.45) is 3.92. The van der Waals surface area contributed by atoms with Crippen LogP contribution in [0, 0.1) is 6.92 Å². The van der Waals surface area contributed by atoms with E-state index in [1.54, 1.807) is 36.1 Å². The van der Waals surface area contributed by atoms with Gasteiger partial charge in [0.15, 0.2) is 0 Å². The topological polar surface area (TPSA) is 97.1 Å². The van der Waals surface area contributed by atoms with Crippen molar-refractivity contribution in [2.24, 2.45) is 0 Å². The predicted molar refractivity (Wildman–Crippen MR) is 76.9 cm³/mol. The highest BCUT2D eigenvalue weighted by Crippen LogP contribution is 2.17. The van der Waals surface area contributed by atoms with E-state index in [0.29, 0.717) is 30.6 Å². The van der Waals surface area contributed by atoms with Crippen LogP contribution >= 0.6 is 0 Å². The van der Waals surface area contributed by atoms with Crippen molar-refractivity contribution in [3.8, 4) is 0 Å². The Kier molecular flexibility index (Phi) is 5.05. The molecule has 1 heterocycles. The Morgan fingerprint density at radius 1 is 1.38 bits per heavy atom. The summed E-state index contributed by atoms with van der Waals surface area (Å²) in [6.45, 7) is 2.45. The van der Waals surface area contributed by atoms with E-state index >= 15 is 0 Å². The van der Waals surface area contributed by atoms with Gasteiger partial charge in [-0.15, -0.1) is 5.10 Å². The van der Waals surface area contributed by atoms with E-state index in [0.717, 1.165) is 0 Å². The second kappa shape index (κ2) is 6.79. The molecule has 0 bridgehead atoms. The number of rotatable bonds is 7. The molecule has 2 N–H and O–H groups in total. The number of aliphatic hydroxyl groups excluding tert-OH is 1. The molecule has 0 saturated heterocycles. The number of hydrogen-bond acceptors (Lipinski definition) is 5. The van der Waals surface area contributed by atoms with Gasteiger partial charge in [-0.2, -0.15) is 0 Å². The average Bonchev–Trinajstić information content (AvgIpc) is 2.97. The number of benzene rings is 1. The molecule has 0 amide bonds. The van der Waals surface area contributed by atoms with Crippen molar-refractivity contribution >= 4 is 10.0 Å². The zero-order chi connectivity index (χ0) is 15.3. The van der Waals surface area contributed by atoms with Crippen molar-refractivity contribution in [3.05, 3.63) is 41.7 Å². The third kappa shape index (κ3) is 4.10. The van der Waals surface area contributed by atoms with E-state index in [2.05, 4.69) is 15.0 Å². The predicted octanol–water partition coefficient (Wildman–Crippen LogP) is 0.447. The first-order valence-electron chi connectivity index (χ1n) is 6.57. The molecule has 2 aromatic rings. The maximum atomic E-state index is 12.3. The number of hydrogen-bond donors (Lipinski definition) is 2. The summed E-state index contributed by atoms with van der Waals surface area (Å²) in [5.74, 6) is 0.